The molecule has 2 aliphatic rings. The van der Waals surface area contributed by atoms with Gasteiger partial charge >= 0.3 is 0 Å². The zero-order valence-electron chi connectivity index (χ0n) is 19.1. The number of hydrogen-bond donors (Lipinski definition) is 1. The van der Waals surface area contributed by atoms with Crippen LogP contribution in [0.5, 0.6) is 0 Å². The summed E-state index contributed by atoms with van der Waals surface area (Å²) in [4.78, 5) is 39.0. The fourth-order valence-electron chi connectivity index (χ4n) is 5.07. The Hall–Kier alpha value is -2.96. The van der Waals surface area contributed by atoms with Crippen molar-refractivity contribution in [1.29, 1.82) is 0 Å². The van der Waals surface area contributed by atoms with Gasteiger partial charge in [-0.05, 0) is 60.8 Å². The molecular weight excluding hydrogens is 404 g/mol. The fourth-order valence-corrected chi connectivity index (χ4v) is 5.07. The lowest BCUT2D eigenvalue weighted by Crippen LogP contribution is -2.40. The Morgan fingerprint density at radius 2 is 1.78 bits per heavy atom. The van der Waals surface area contributed by atoms with E-state index in [2.05, 4.69) is 42.2 Å². The Balaban J connectivity index is 1.49. The molecule has 0 aliphatic carbocycles. The Kier molecular flexibility index (Phi) is 6.44. The van der Waals surface area contributed by atoms with Gasteiger partial charge in [0, 0.05) is 32.3 Å². The number of nitrogens with one attached hydrogen (secondary N) is 1. The molecule has 1 atom stereocenters. The molecule has 0 bridgehead atoms. The Morgan fingerprint density at radius 1 is 1.06 bits per heavy atom. The first-order chi connectivity index (χ1) is 15.3. The molecule has 2 saturated heterocycles. The highest BCUT2D eigenvalue weighted by atomic mass is 16.2. The second kappa shape index (κ2) is 9.27. The van der Waals surface area contributed by atoms with Gasteiger partial charge in [0.2, 0.25) is 11.8 Å². The molecule has 1 unspecified atom stereocenters. The molecule has 0 saturated carbocycles. The van der Waals surface area contributed by atoms with Crippen molar-refractivity contribution in [3.63, 3.8) is 0 Å². The molecule has 7 heteroatoms. The predicted octanol–water partition coefficient (Wildman–Crippen LogP) is 3.11. The van der Waals surface area contributed by atoms with Gasteiger partial charge in [0.25, 0.3) is 5.56 Å². The maximum absolute atomic E-state index is 12.9. The first kappa shape index (κ1) is 22.2. The van der Waals surface area contributed by atoms with Crippen LogP contribution in [-0.2, 0) is 16.1 Å². The summed E-state index contributed by atoms with van der Waals surface area (Å²) in [5.74, 6) is 0.117. The minimum Gasteiger partial charge on any atom is -0.367 e. The number of carbonyl (C=O) groups is 2. The Bertz CT molecular complexity index is 1070. The van der Waals surface area contributed by atoms with E-state index < -0.39 is 0 Å². The Morgan fingerprint density at radius 3 is 2.47 bits per heavy atom. The lowest BCUT2D eigenvalue weighted by molar-refractivity contribution is -0.134. The monoisotopic (exact) mass is 436 g/mol. The normalized spacial score (nSPS) is 20.0. The van der Waals surface area contributed by atoms with Crippen molar-refractivity contribution in [2.24, 2.45) is 5.92 Å². The summed E-state index contributed by atoms with van der Waals surface area (Å²) in [5.41, 5.74) is 4.17. The number of aromatic nitrogens is 2. The van der Waals surface area contributed by atoms with Gasteiger partial charge in [0.1, 0.15) is 5.69 Å². The largest absolute Gasteiger partial charge is 0.367 e. The summed E-state index contributed by atoms with van der Waals surface area (Å²) < 4.78 is 1.57. The van der Waals surface area contributed by atoms with Crippen LogP contribution in [0.4, 0.5) is 5.69 Å². The summed E-state index contributed by atoms with van der Waals surface area (Å²) in [5, 5.41) is 6.72. The van der Waals surface area contributed by atoms with E-state index >= 15 is 0 Å². The van der Waals surface area contributed by atoms with E-state index in [-0.39, 0.29) is 23.3 Å². The van der Waals surface area contributed by atoms with Crippen LogP contribution in [0.1, 0.15) is 68.1 Å². The van der Waals surface area contributed by atoms with Gasteiger partial charge in [-0.3, -0.25) is 19.7 Å². The quantitative estimate of drug-likeness (QED) is 0.728. The van der Waals surface area contributed by atoms with Crippen molar-refractivity contribution < 1.29 is 9.59 Å². The molecule has 0 radical (unpaired) electrons. The van der Waals surface area contributed by atoms with Crippen molar-refractivity contribution in [3.05, 3.63) is 57.5 Å². The van der Waals surface area contributed by atoms with E-state index in [0.717, 1.165) is 42.7 Å². The zero-order valence-corrected chi connectivity index (χ0v) is 19.1. The molecular formula is C25H32N4O3. The average molecular weight is 437 g/mol. The van der Waals surface area contributed by atoms with Crippen LogP contribution in [0, 0.1) is 12.8 Å². The molecule has 1 N–H and O–H groups in total. The standard InChI is InChI=1S/C25H32N4O3/c1-16(2)15-29-25(32)22(9-12-26-29)28-13-10-18(11-14-28)19-5-4-6-20(17(19)3)21-7-8-23(30)27-24(21)31/h4-6,9,12,16,18,21H,7-8,10-11,13-15H2,1-3H3,(H,27,30,31). The highest BCUT2D eigenvalue weighted by molar-refractivity contribution is 6.01. The number of benzene rings is 1. The van der Waals surface area contributed by atoms with Gasteiger partial charge in [-0.25, -0.2) is 4.68 Å². The molecule has 2 fully saturated rings. The lowest BCUT2D eigenvalue weighted by atomic mass is 9.81. The molecule has 32 heavy (non-hydrogen) atoms. The second-order valence-corrected chi connectivity index (χ2v) is 9.42. The van der Waals surface area contributed by atoms with Crippen molar-refractivity contribution in [3.8, 4) is 0 Å². The van der Waals surface area contributed by atoms with Crippen LogP contribution in [-0.4, -0.2) is 34.7 Å². The maximum Gasteiger partial charge on any atom is 0.290 e. The summed E-state index contributed by atoms with van der Waals surface area (Å²) in [6, 6.07) is 8.03. The van der Waals surface area contributed by atoms with Gasteiger partial charge in [-0.15, -0.1) is 0 Å². The van der Waals surface area contributed by atoms with E-state index in [1.807, 2.05) is 18.2 Å². The molecule has 4 rings (SSSR count). The average Bonchev–Trinajstić information content (AvgIpc) is 2.76. The van der Waals surface area contributed by atoms with E-state index in [0.29, 0.717) is 31.2 Å². The van der Waals surface area contributed by atoms with Crippen molar-refractivity contribution in [2.45, 2.75) is 64.8 Å². The number of carbonyl (C=O) groups excluding carboxylic acids is 2. The number of rotatable bonds is 5. The minimum atomic E-state index is -0.260. The number of nitrogens with zero attached hydrogens (tertiary/aromatic N) is 3. The van der Waals surface area contributed by atoms with E-state index in [1.54, 1.807) is 10.9 Å². The van der Waals surface area contributed by atoms with Gasteiger partial charge in [0.05, 0.1) is 5.92 Å². The van der Waals surface area contributed by atoms with Crippen molar-refractivity contribution >= 4 is 17.5 Å². The van der Waals surface area contributed by atoms with Crippen LogP contribution < -0.4 is 15.8 Å². The first-order valence-corrected chi connectivity index (χ1v) is 11.6. The van der Waals surface area contributed by atoms with E-state index in [1.165, 1.54) is 5.56 Å². The number of anilines is 1. The highest BCUT2D eigenvalue weighted by Crippen LogP contribution is 2.36. The smallest absolute Gasteiger partial charge is 0.290 e. The lowest BCUT2D eigenvalue weighted by Gasteiger charge is -2.34. The maximum atomic E-state index is 12.9. The Labute approximate surface area is 188 Å². The first-order valence-electron chi connectivity index (χ1n) is 11.6. The third-order valence-electron chi connectivity index (χ3n) is 6.74. The summed E-state index contributed by atoms with van der Waals surface area (Å²) >= 11 is 0. The van der Waals surface area contributed by atoms with Crippen molar-refractivity contribution in [1.82, 2.24) is 15.1 Å². The third-order valence-corrected chi connectivity index (χ3v) is 6.74. The van der Waals surface area contributed by atoms with Crippen LogP contribution in [0.2, 0.25) is 0 Å². The molecule has 3 heterocycles. The molecule has 0 spiro atoms. The summed E-state index contributed by atoms with van der Waals surface area (Å²) in [6.07, 6.45) is 4.58. The van der Waals surface area contributed by atoms with Crippen molar-refractivity contribution in [2.75, 3.05) is 18.0 Å². The molecule has 1 aromatic heterocycles. The minimum absolute atomic E-state index is 0.0179. The van der Waals surface area contributed by atoms with Gasteiger partial charge in [-0.1, -0.05) is 32.0 Å². The number of piperidine rings is 2. The molecule has 7 nitrogen and oxygen atoms in total. The van der Waals surface area contributed by atoms with Gasteiger partial charge in [0.15, 0.2) is 0 Å². The molecule has 2 amide bonds. The topological polar surface area (TPSA) is 84.3 Å². The van der Waals surface area contributed by atoms with Crippen LogP contribution >= 0.6 is 0 Å². The highest BCUT2D eigenvalue weighted by Gasteiger charge is 2.31. The summed E-state index contributed by atoms with van der Waals surface area (Å²) in [7, 11) is 0. The fraction of sp³-hybridized carbons (Fsp3) is 0.520. The van der Waals surface area contributed by atoms with Crippen LogP contribution in [0.15, 0.2) is 35.3 Å². The SMILES string of the molecule is Cc1c(C2CCN(c3ccnn(CC(C)C)c3=O)CC2)cccc1C1CCC(=O)NC1=O. The zero-order chi connectivity index (χ0) is 22.8. The number of amides is 2. The molecule has 1 aromatic carbocycles. The second-order valence-electron chi connectivity index (χ2n) is 9.42. The molecule has 2 aliphatic heterocycles. The number of hydrogen-bond acceptors (Lipinski definition) is 5. The summed E-state index contributed by atoms with van der Waals surface area (Å²) in [6.45, 7) is 8.50. The van der Waals surface area contributed by atoms with Crippen LogP contribution in [0.3, 0.4) is 0 Å². The number of imide groups is 1. The van der Waals surface area contributed by atoms with Gasteiger partial charge < -0.3 is 4.90 Å². The van der Waals surface area contributed by atoms with E-state index in [9.17, 15) is 14.4 Å². The third kappa shape index (κ3) is 4.47. The van der Waals surface area contributed by atoms with Crippen LogP contribution in [0.25, 0.3) is 0 Å². The molecule has 2 aromatic rings. The van der Waals surface area contributed by atoms with E-state index in [4.69, 9.17) is 0 Å². The predicted molar refractivity (Wildman–Crippen MR) is 124 cm³/mol. The molecule has 170 valence electrons. The van der Waals surface area contributed by atoms with Gasteiger partial charge in [-0.2, -0.15) is 5.10 Å².